The summed E-state index contributed by atoms with van der Waals surface area (Å²) >= 11 is 0. The van der Waals surface area contributed by atoms with E-state index in [2.05, 4.69) is 12.2 Å². The van der Waals surface area contributed by atoms with Crippen LogP contribution in [0.1, 0.15) is 48.3 Å². The molecule has 3 aromatic carbocycles. The van der Waals surface area contributed by atoms with Gasteiger partial charge in [-0.05, 0) is 46.4 Å². The minimum Gasteiger partial charge on any atom is -0.458 e. The summed E-state index contributed by atoms with van der Waals surface area (Å²) in [4.78, 5) is 36.6. The lowest BCUT2D eigenvalue weighted by Gasteiger charge is -2.24. The molecule has 0 aromatic heterocycles. The summed E-state index contributed by atoms with van der Waals surface area (Å²) in [7, 11) is 0. The van der Waals surface area contributed by atoms with Crippen molar-refractivity contribution in [3.63, 3.8) is 0 Å². The van der Waals surface area contributed by atoms with Crippen molar-refractivity contribution in [1.29, 1.82) is 0 Å². The highest BCUT2D eigenvalue weighted by Gasteiger charge is 2.41. The van der Waals surface area contributed by atoms with E-state index in [1.807, 2.05) is 48.5 Å². The Morgan fingerprint density at radius 2 is 1.54 bits per heavy atom. The molecule has 8 nitrogen and oxygen atoms in total. The van der Waals surface area contributed by atoms with Gasteiger partial charge in [-0.15, -0.1) is 0 Å². The number of benzene rings is 3. The van der Waals surface area contributed by atoms with Gasteiger partial charge in [0, 0.05) is 18.7 Å². The molecule has 1 amide bonds. The summed E-state index contributed by atoms with van der Waals surface area (Å²) in [5.41, 5.74) is 4.25. The summed E-state index contributed by atoms with van der Waals surface area (Å²) in [5.74, 6) is -1.23. The fourth-order valence-corrected chi connectivity index (χ4v) is 4.55. The second kappa shape index (κ2) is 12.2. The average Bonchev–Trinajstić information content (AvgIpc) is 3.25. The Balaban J connectivity index is 1.55. The van der Waals surface area contributed by atoms with Crippen LogP contribution >= 0.6 is 0 Å². The molecular formula is C29H29N2O6. The van der Waals surface area contributed by atoms with E-state index in [0.717, 1.165) is 47.9 Å². The normalized spacial score (nSPS) is 12.8. The van der Waals surface area contributed by atoms with Crippen molar-refractivity contribution in [3.05, 3.63) is 107 Å². The zero-order valence-electron chi connectivity index (χ0n) is 20.4. The van der Waals surface area contributed by atoms with E-state index in [1.54, 1.807) is 0 Å². The number of esters is 1. The van der Waals surface area contributed by atoms with E-state index in [1.165, 1.54) is 24.3 Å². The maximum Gasteiger partial charge on any atom is 0.408 e. The minimum absolute atomic E-state index is 0.0534. The number of alkyl carbamates (subject to hydrolysis) is 1. The van der Waals surface area contributed by atoms with Crippen molar-refractivity contribution >= 4 is 17.7 Å². The lowest BCUT2D eigenvalue weighted by molar-refractivity contribution is -0.384. The first-order chi connectivity index (χ1) is 18.0. The number of hydrogen-bond donors (Lipinski definition) is 1. The summed E-state index contributed by atoms with van der Waals surface area (Å²) in [6.07, 6.45) is 1.64. The number of unbranched alkanes of at least 4 members (excludes halogenated alkanes) is 3. The van der Waals surface area contributed by atoms with Crippen LogP contribution in [0.15, 0.2) is 72.8 Å². The standard InChI is InChI=1S/C29H29N2O6/c1-2-3-4-9-18-30-29(33)37-27(28(32)36-19-20-14-16-21(17-15-20)31(34)35)26-24-12-7-5-10-22(24)23-11-6-8-13-25(23)26/h5-8,10-17,26-27H,1-4,9,18-19H2,(H,30,33). The van der Waals surface area contributed by atoms with Gasteiger partial charge in [0.15, 0.2) is 0 Å². The Morgan fingerprint density at radius 3 is 2.14 bits per heavy atom. The van der Waals surface area contributed by atoms with Gasteiger partial charge in [0.1, 0.15) is 6.61 Å². The number of hydrogen-bond acceptors (Lipinski definition) is 6. The van der Waals surface area contributed by atoms with Crippen LogP contribution in [0.25, 0.3) is 11.1 Å². The molecule has 1 N–H and O–H groups in total. The Labute approximate surface area is 215 Å². The first kappa shape index (κ1) is 25.9. The maximum atomic E-state index is 13.4. The quantitative estimate of drug-likeness (QED) is 0.151. The third-order valence-corrected chi connectivity index (χ3v) is 6.38. The van der Waals surface area contributed by atoms with Crippen molar-refractivity contribution in [2.75, 3.05) is 6.54 Å². The monoisotopic (exact) mass is 501 g/mol. The second-order valence-electron chi connectivity index (χ2n) is 8.85. The topological polar surface area (TPSA) is 108 Å². The summed E-state index contributed by atoms with van der Waals surface area (Å²) in [6, 6.07) is 21.2. The van der Waals surface area contributed by atoms with Crippen LogP contribution in [0.4, 0.5) is 10.5 Å². The van der Waals surface area contributed by atoms with Crippen LogP contribution in [0, 0.1) is 17.0 Å². The molecule has 0 saturated carbocycles. The van der Waals surface area contributed by atoms with Gasteiger partial charge in [-0.1, -0.05) is 74.7 Å². The van der Waals surface area contributed by atoms with Gasteiger partial charge in [-0.3, -0.25) is 10.1 Å². The van der Waals surface area contributed by atoms with Gasteiger partial charge < -0.3 is 14.8 Å². The van der Waals surface area contributed by atoms with Gasteiger partial charge in [0.05, 0.1) is 10.8 Å². The van der Waals surface area contributed by atoms with Crippen LogP contribution in [-0.4, -0.2) is 29.6 Å². The molecule has 0 bridgehead atoms. The molecule has 8 heteroatoms. The third kappa shape index (κ3) is 6.14. The lowest BCUT2D eigenvalue weighted by Crippen LogP contribution is -2.38. The summed E-state index contributed by atoms with van der Waals surface area (Å²) < 4.78 is 11.3. The number of non-ortho nitro benzene ring substituents is 1. The zero-order valence-corrected chi connectivity index (χ0v) is 20.4. The van der Waals surface area contributed by atoms with Crippen molar-refractivity contribution < 1.29 is 24.0 Å². The molecule has 0 fully saturated rings. The average molecular weight is 502 g/mol. The van der Waals surface area contributed by atoms with E-state index in [-0.39, 0.29) is 12.3 Å². The number of ether oxygens (including phenoxy) is 2. The molecule has 3 aromatic rings. The molecule has 0 heterocycles. The van der Waals surface area contributed by atoms with Crippen molar-refractivity contribution in [2.45, 2.75) is 44.3 Å². The van der Waals surface area contributed by atoms with Crippen molar-refractivity contribution in [2.24, 2.45) is 0 Å². The number of rotatable bonds is 11. The smallest absolute Gasteiger partial charge is 0.408 e. The van der Waals surface area contributed by atoms with Gasteiger partial charge in [0.25, 0.3) is 5.69 Å². The summed E-state index contributed by atoms with van der Waals surface area (Å²) in [6.45, 7) is 4.14. The predicted octanol–water partition coefficient (Wildman–Crippen LogP) is 5.94. The lowest BCUT2D eigenvalue weighted by atomic mass is 9.91. The number of nitro benzene ring substituents is 1. The van der Waals surface area contributed by atoms with E-state index < -0.39 is 29.0 Å². The number of carbonyl (C=O) groups is 2. The SMILES string of the molecule is [CH2]CCCCCNC(=O)OC(C(=O)OCc1ccc([N+](=O)[O-])cc1)C1c2ccccc2-c2ccccc21. The first-order valence-corrected chi connectivity index (χ1v) is 12.3. The van der Waals surface area contributed by atoms with Gasteiger partial charge in [-0.25, -0.2) is 9.59 Å². The molecule has 1 aliphatic rings. The fourth-order valence-electron chi connectivity index (χ4n) is 4.55. The number of nitro groups is 1. The number of nitrogens with one attached hydrogen (secondary N) is 1. The van der Waals surface area contributed by atoms with Gasteiger partial charge >= 0.3 is 12.1 Å². The predicted molar refractivity (Wildman–Crippen MR) is 139 cm³/mol. The highest BCUT2D eigenvalue weighted by molar-refractivity contribution is 5.86. The van der Waals surface area contributed by atoms with Crippen LogP contribution in [-0.2, 0) is 20.9 Å². The molecule has 0 saturated heterocycles. The van der Waals surface area contributed by atoms with Crippen molar-refractivity contribution in [1.82, 2.24) is 5.32 Å². The maximum absolute atomic E-state index is 13.4. The van der Waals surface area contributed by atoms with Crippen molar-refractivity contribution in [3.8, 4) is 11.1 Å². The van der Waals surface area contributed by atoms with E-state index >= 15 is 0 Å². The number of amides is 1. The van der Waals surface area contributed by atoms with Gasteiger partial charge in [0.2, 0.25) is 6.10 Å². The number of nitrogens with zero attached hydrogens (tertiary/aromatic N) is 1. The van der Waals surface area contributed by atoms with E-state index in [9.17, 15) is 19.7 Å². The number of carbonyl (C=O) groups excluding carboxylic acids is 2. The summed E-state index contributed by atoms with van der Waals surface area (Å²) in [5, 5.41) is 13.6. The third-order valence-electron chi connectivity index (χ3n) is 6.38. The van der Waals surface area contributed by atoms with Crippen LogP contribution < -0.4 is 5.32 Å². The molecule has 0 spiro atoms. The highest BCUT2D eigenvalue weighted by atomic mass is 16.6. The fraction of sp³-hybridized carbons (Fsp3) is 0.276. The van der Waals surface area contributed by atoms with E-state index in [0.29, 0.717) is 12.1 Å². The molecule has 1 atom stereocenters. The highest BCUT2D eigenvalue weighted by Crippen LogP contribution is 2.47. The molecule has 37 heavy (non-hydrogen) atoms. The van der Waals surface area contributed by atoms with Crippen LogP contribution in [0.5, 0.6) is 0 Å². The zero-order chi connectivity index (χ0) is 26.2. The Bertz CT molecular complexity index is 1210. The Hall–Kier alpha value is -4.20. The van der Waals surface area contributed by atoms with E-state index in [4.69, 9.17) is 9.47 Å². The van der Waals surface area contributed by atoms with Crippen LogP contribution in [0.3, 0.4) is 0 Å². The molecule has 1 unspecified atom stereocenters. The molecule has 1 aliphatic carbocycles. The second-order valence-corrected chi connectivity index (χ2v) is 8.85. The van der Waals surface area contributed by atoms with Gasteiger partial charge in [-0.2, -0.15) is 0 Å². The molecule has 4 rings (SSSR count). The molecule has 0 aliphatic heterocycles. The Morgan fingerprint density at radius 1 is 0.919 bits per heavy atom. The minimum atomic E-state index is -1.22. The largest absolute Gasteiger partial charge is 0.458 e. The molecule has 1 radical (unpaired) electrons. The molecular weight excluding hydrogens is 472 g/mol. The molecule has 191 valence electrons. The Kier molecular flexibility index (Phi) is 8.51. The number of fused-ring (bicyclic) bond motifs is 3. The first-order valence-electron chi connectivity index (χ1n) is 12.3. The van der Waals surface area contributed by atoms with Crippen LogP contribution in [0.2, 0.25) is 0 Å².